The van der Waals surface area contributed by atoms with Crippen LogP contribution in [0.1, 0.15) is 39.5 Å². The summed E-state index contributed by atoms with van der Waals surface area (Å²) in [5, 5.41) is 1.30. The average Bonchev–Trinajstić information content (AvgIpc) is 3.94. The van der Waals surface area contributed by atoms with Crippen LogP contribution in [0.2, 0.25) is 0 Å². The molecule has 0 radical (unpaired) electrons. The summed E-state index contributed by atoms with van der Waals surface area (Å²) in [6.45, 7) is 5.63. The molecule has 2 heterocycles. The van der Waals surface area contributed by atoms with Crippen LogP contribution in [-0.4, -0.2) is 33.0 Å². The van der Waals surface area contributed by atoms with E-state index in [1.54, 1.807) is 28.4 Å². The summed E-state index contributed by atoms with van der Waals surface area (Å²) in [4.78, 5) is 5.79. The maximum atomic E-state index is 5.48. The van der Waals surface area contributed by atoms with Gasteiger partial charge < -0.3 is 33.3 Å². The van der Waals surface area contributed by atoms with Crippen molar-refractivity contribution in [3.63, 3.8) is 0 Å². The summed E-state index contributed by atoms with van der Waals surface area (Å²) in [7, 11) is 6.79. The molecule has 334 valence electrons. The molecule has 7 nitrogen and oxygen atoms in total. The fourth-order valence-electron chi connectivity index (χ4n) is 8.94. The quantitative estimate of drug-likeness (QED) is 0.0855. The molecule has 9 aromatic rings. The highest BCUT2D eigenvalue weighted by molar-refractivity contribution is 7.23. The number of methoxy groups -OCH3 is 4. The van der Waals surface area contributed by atoms with Crippen molar-refractivity contribution in [2.75, 3.05) is 38.2 Å². The minimum atomic E-state index is 0.595. The van der Waals surface area contributed by atoms with Crippen LogP contribution in [0.15, 0.2) is 170 Å². The summed E-state index contributed by atoms with van der Waals surface area (Å²) < 4.78 is 25.9. The van der Waals surface area contributed by atoms with Gasteiger partial charge in [0.15, 0.2) is 0 Å². The van der Waals surface area contributed by atoms with E-state index in [4.69, 9.17) is 18.9 Å². The second-order valence-electron chi connectivity index (χ2n) is 16.6. The van der Waals surface area contributed by atoms with Crippen LogP contribution in [0, 0.1) is 5.92 Å². The van der Waals surface area contributed by atoms with Crippen molar-refractivity contribution in [2.45, 2.75) is 46.1 Å². The molecule has 1 atom stereocenters. The van der Waals surface area contributed by atoms with Gasteiger partial charge in [-0.3, -0.25) is 0 Å². The van der Waals surface area contributed by atoms with E-state index in [1.165, 1.54) is 61.9 Å². The van der Waals surface area contributed by atoms with E-state index in [1.807, 2.05) is 59.9 Å². The Morgan fingerprint density at radius 3 is 1.24 bits per heavy atom. The Hall–Kier alpha value is -7.16. The zero-order valence-corrected chi connectivity index (χ0v) is 39.5. The predicted octanol–water partition coefficient (Wildman–Crippen LogP) is 16.4. The summed E-state index contributed by atoms with van der Waals surface area (Å²) >= 11 is 1.89. The lowest BCUT2D eigenvalue weighted by atomic mass is 9.99. The smallest absolute Gasteiger partial charge is 0.119 e. The Labute approximate surface area is 393 Å². The van der Waals surface area contributed by atoms with Crippen molar-refractivity contribution in [1.82, 2.24) is 4.57 Å². The van der Waals surface area contributed by atoms with Crippen molar-refractivity contribution in [3.8, 4) is 44.6 Å². The van der Waals surface area contributed by atoms with E-state index in [2.05, 4.69) is 150 Å². The Balaban J connectivity index is 1.06. The van der Waals surface area contributed by atoms with E-state index in [0.29, 0.717) is 5.92 Å². The number of ether oxygens (including phenoxy) is 4. The molecular formula is C58H57N3O4S. The van der Waals surface area contributed by atoms with Gasteiger partial charge in [0.2, 0.25) is 0 Å². The normalized spacial score (nSPS) is 11.7. The number of nitrogens with zero attached hydrogens (tertiary/aromatic N) is 3. The van der Waals surface area contributed by atoms with Crippen LogP contribution in [0.5, 0.6) is 23.0 Å². The van der Waals surface area contributed by atoms with Crippen molar-refractivity contribution in [3.05, 3.63) is 170 Å². The number of hydrogen-bond donors (Lipinski definition) is 0. The summed E-state index contributed by atoms with van der Waals surface area (Å²) in [5.74, 6) is 3.89. The number of thiophene rings is 1. The zero-order chi connectivity index (χ0) is 45.6. The van der Waals surface area contributed by atoms with Gasteiger partial charge in [-0.2, -0.15) is 0 Å². The molecule has 9 rings (SSSR count). The molecule has 0 amide bonds. The Morgan fingerprint density at radius 2 is 0.848 bits per heavy atom. The van der Waals surface area contributed by atoms with Gasteiger partial charge in [0.1, 0.15) is 23.0 Å². The molecule has 0 saturated carbocycles. The molecule has 0 aliphatic carbocycles. The average molecular weight is 892 g/mol. The second-order valence-corrected chi connectivity index (χ2v) is 17.7. The predicted molar refractivity (Wildman–Crippen MR) is 277 cm³/mol. The highest BCUT2D eigenvalue weighted by atomic mass is 32.1. The number of fused-ring (bicyclic) bond motifs is 3. The third-order valence-electron chi connectivity index (χ3n) is 12.7. The van der Waals surface area contributed by atoms with Crippen molar-refractivity contribution < 1.29 is 18.9 Å². The van der Waals surface area contributed by atoms with Crippen LogP contribution in [-0.2, 0) is 6.54 Å². The van der Waals surface area contributed by atoms with Gasteiger partial charge >= 0.3 is 0 Å². The van der Waals surface area contributed by atoms with Crippen molar-refractivity contribution in [1.29, 1.82) is 0 Å². The number of anilines is 6. The highest BCUT2D eigenvalue weighted by Gasteiger charge is 2.20. The Morgan fingerprint density at radius 1 is 0.455 bits per heavy atom. The zero-order valence-electron chi connectivity index (χ0n) is 38.7. The monoisotopic (exact) mass is 891 g/mol. The summed E-state index contributed by atoms with van der Waals surface area (Å²) in [5.41, 5.74) is 12.5. The lowest BCUT2D eigenvalue weighted by Crippen LogP contribution is -2.10. The molecule has 7 aromatic carbocycles. The lowest BCUT2D eigenvalue weighted by molar-refractivity contribution is 0.401. The maximum absolute atomic E-state index is 5.48. The third kappa shape index (κ3) is 9.06. The molecule has 2 aromatic heterocycles. The third-order valence-corrected chi connectivity index (χ3v) is 13.9. The van der Waals surface area contributed by atoms with Gasteiger partial charge in [-0.05, 0) is 162 Å². The number of aromatic nitrogens is 1. The standard InChI is InChI=1S/C58H57N3O4S/c1-7-9-10-40(8-2)39-59-55-37-43(41-11-16-44(17-12-41)60(46-20-28-50(62-3)29-21-46)47-22-30-51(63-4)31-23-47)15-36-54(55)58-56(59)38-57(66-58)42-13-18-45(19-14-42)61(48-24-32-52(64-5)33-25-48)49-26-34-53(65-6)35-27-49/h11-38,40H,7-10,39H2,1-6H3. The first kappa shape index (κ1) is 44.1. The minimum absolute atomic E-state index is 0.595. The molecule has 0 aliphatic rings. The largest absolute Gasteiger partial charge is 0.497 e. The molecule has 8 heteroatoms. The first-order chi connectivity index (χ1) is 32.4. The summed E-state index contributed by atoms with van der Waals surface area (Å²) in [6.07, 6.45) is 4.83. The van der Waals surface area contributed by atoms with Crippen LogP contribution in [0.4, 0.5) is 34.1 Å². The first-order valence-corrected chi connectivity index (χ1v) is 23.7. The van der Waals surface area contributed by atoms with Crippen LogP contribution >= 0.6 is 11.3 Å². The molecule has 0 saturated heterocycles. The number of rotatable bonds is 18. The fraction of sp³-hybridized carbons (Fsp3) is 0.207. The van der Waals surface area contributed by atoms with E-state index >= 15 is 0 Å². The maximum Gasteiger partial charge on any atom is 0.119 e. The van der Waals surface area contributed by atoms with Gasteiger partial charge in [-0.1, -0.05) is 69.5 Å². The Kier molecular flexibility index (Phi) is 13.3. The molecule has 0 fully saturated rings. The number of benzene rings is 7. The molecule has 0 N–H and O–H groups in total. The highest BCUT2D eigenvalue weighted by Crippen LogP contribution is 2.44. The lowest BCUT2D eigenvalue weighted by Gasteiger charge is -2.26. The molecule has 0 aliphatic heterocycles. The van der Waals surface area contributed by atoms with E-state index in [-0.39, 0.29) is 0 Å². The molecule has 0 spiro atoms. The number of hydrogen-bond acceptors (Lipinski definition) is 7. The summed E-state index contributed by atoms with van der Waals surface area (Å²) in [6, 6.07) is 60.1. The van der Waals surface area contributed by atoms with Gasteiger partial charge in [-0.15, -0.1) is 11.3 Å². The fourth-order valence-corrected chi connectivity index (χ4v) is 10.1. The van der Waals surface area contributed by atoms with Gasteiger partial charge in [0.25, 0.3) is 0 Å². The Bertz CT molecular complexity index is 2760. The molecule has 1 unspecified atom stereocenters. The SMILES string of the molecule is CCCCC(CC)Cn1c2cc(-c3ccc(N(c4ccc(OC)cc4)c4ccc(OC)cc4)cc3)ccc2c2sc(-c3ccc(N(c4ccc(OC)cc4)c4ccc(OC)cc4)cc3)cc21. The molecule has 66 heavy (non-hydrogen) atoms. The van der Waals surface area contributed by atoms with E-state index in [9.17, 15) is 0 Å². The first-order valence-electron chi connectivity index (χ1n) is 22.8. The van der Waals surface area contributed by atoms with Crippen molar-refractivity contribution in [2.24, 2.45) is 5.92 Å². The van der Waals surface area contributed by atoms with Gasteiger partial charge in [0, 0.05) is 50.9 Å². The van der Waals surface area contributed by atoms with Crippen LogP contribution < -0.4 is 28.7 Å². The van der Waals surface area contributed by atoms with Crippen molar-refractivity contribution >= 4 is 66.6 Å². The van der Waals surface area contributed by atoms with E-state index < -0.39 is 0 Å². The van der Waals surface area contributed by atoms with E-state index in [0.717, 1.165) is 70.1 Å². The van der Waals surface area contributed by atoms with Crippen LogP contribution in [0.25, 0.3) is 42.7 Å². The second kappa shape index (κ2) is 19.9. The van der Waals surface area contributed by atoms with Gasteiger partial charge in [-0.25, -0.2) is 0 Å². The molecular weight excluding hydrogens is 835 g/mol. The topological polar surface area (TPSA) is 48.3 Å². The van der Waals surface area contributed by atoms with Crippen LogP contribution in [0.3, 0.4) is 0 Å². The minimum Gasteiger partial charge on any atom is -0.497 e. The number of unbranched alkanes of at least 4 members (excludes halogenated alkanes) is 1. The van der Waals surface area contributed by atoms with Gasteiger partial charge in [0.05, 0.1) is 44.2 Å². The molecule has 0 bridgehead atoms.